The molecule has 114 valence electrons. The maximum Gasteiger partial charge on any atom is 0.339 e. The molecule has 0 aliphatic heterocycles. The summed E-state index contributed by atoms with van der Waals surface area (Å²) in [5, 5.41) is 3.73. The first kappa shape index (κ1) is 16.0. The first-order chi connectivity index (χ1) is 10.6. The lowest BCUT2D eigenvalue weighted by atomic mass is 10.1. The van der Waals surface area contributed by atoms with Crippen molar-refractivity contribution in [1.82, 2.24) is 5.32 Å². The summed E-state index contributed by atoms with van der Waals surface area (Å²) in [5.41, 5.74) is 2.33. The molecule has 0 aliphatic rings. The SMILES string of the molecule is COC(=O)c1ccccc1N(C)C(=S)NCc1ccccc1. The van der Waals surface area contributed by atoms with Crippen LogP contribution in [0.3, 0.4) is 0 Å². The summed E-state index contributed by atoms with van der Waals surface area (Å²) >= 11 is 5.40. The molecular formula is C17H18N2O2S. The molecule has 1 N–H and O–H groups in total. The largest absolute Gasteiger partial charge is 0.465 e. The van der Waals surface area contributed by atoms with Crippen molar-refractivity contribution in [2.45, 2.75) is 6.54 Å². The van der Waals surface area contributed by atoms with Crippen molar-refractivity contribution in [2.24, 2.45) is 0 Å². The molecule has 0 fully saturated rings. The van der Waals surface area contributed by atoms with Gasteiger partial charge in [-0.2, -0.15) is 0 Å². The second-order valence-corrected chi connectivity index (χ2v) is 5.10. The van der Waals surface area contributed by atoms with E-state index in [2.05, 4.69) is 5.32 Å². The molecule has 0 aliphatic carbocycles. The lowest BCUT2D eigenvalue weighted by molar-refractivity contribution is 0.0601. The minimum Gasteiger partial charge on any atom is -0.465 e. The van der Waals surface area contributed by atoms with Crippen molar-refractivity contribution in [3.8, 4) is 0 Å². The Hall–Kier alpha value is -2.40. The summed E-state index contributed by atoms with van der Waals surface area (Å²) in [6.45, 7) is 0.629. The van der Waals surface area contributed by atoms with Crippen molar-refractivity contribution in [1.29, 1.82) is 0 Å². The molecule has 0 atom stereocenters. The third-order valence-electron chi connectivity index (χ3n) is 3.26. The van der Waals surface area contributed by atoms with Crippen LogP contribution in [0.4, 0.5) is 5.69 Å². The van der Waals surface area contributed by atoms with E-state index in [0.29, 0.717) is 22.9 Å². The number of methoxy groups -OCH3 is 1. The number of hydrogen-bond acceptors (Lipinski definition) is 3. The van der Waals surface area contributed by atoms with E-state index in [9.17, 15) is 4.79 Å². The molecule has 0 aromatic heterocycles. The number of nitrogens with one attached hydrogen (secondary N) is 1. The van der Waals surface area contributed by atoms with E-state index in [4.69, 9.17) is 17.0 Å². The molecule has 0 heterocycles. The minimum absolute atomic E-state index is 0.381. The maximum absolute atomic E-state index is 11.8. The van der Waals surface area contributed by atoms with Crippen LogP contribution in [0.1, 0.15) is 15.9 Å². The molecule has 0 saturated heterocycles. The van der Waals surface area contributed by atoms with Gasteiger partial charge in [-0.05, 0) is 29.9 Å². The average molecular weight is 314 g/mol. The highest BCUT2D eigenvalue weighted by Crippen LogP contribution is 2.20. The van der Waals surface area contributed by atoms with Crippen molar-refractivity contribution < 1.29 is 9.53 Å². The molecule has 2 aromatic carbocycles. The number of para-hydroxylation sites is 1. The number of anilines is 1. The van der Waals surface area contributed by atoms with Crippen molar-refractivity contribution in [3.63, 3.8) is 0 Å². The van der Waals surface area contributed by atoms with E-state index >= 15 is 0 Å². The molecule has 0 bridgehead atoms. The first-order valence-corrected chi connectivity index (χ1v) is 7.27. The fourth-order valence-corrected chi connectivity index (χ4v) is 2.22. The van der Waals surface area contributed by atoms with Crippen LogP contribution in [0.2, 0.25) is 0 Å². The van der Waals surface area contributed by atoms with Crippen LogP contribution in [-0.2, 0) is 11.3 Å². The number of hydrogen-bond donors (Lipinski definition) is 1. The number of thiocarbonyl (C=S) groups is 1. The van der Waals surface area contributed by atoms with Crippen LogP contribution < -0.4 is 10.2 Å². The van der Waals surface area contributed by atoms with Gasteiger partial charge in [0.25, 0.3) is 0 Å². The van der Waals surface area contributed by atoms with Crippen LogP contribution >= 0.6 is 12.2 Å². The molecule has 0 unspecified atom stereocenters. The normalized spacial score (nSPS) is 9.91. The van der Waals surface area contributed by atoms with E-state index in [-0.39, 0.29) is 5.97 Å². The molecule has 5 heteroatoms. The first-order valence-electron chi connectivity index (χ1n) is 6.86. The lowest BCUT2D eigenvalue weighted by Gasteiger charge is -2.23. The molecule has 22 heavy (non-hydrogen) atoms. The van der Waals surface area contributed by atoms with Gasteiger partial charge in [0.1, 0.15) is 0 Å². The zero-order valence-corrected chi connectivity index (χ0v) is 13.4. The quantitative estimate of drug-likeness (QED) is 0.694. The van der Waals surface area contributed by atoms with E-state index in [1.54, 1.807) is 17.0 Å². The Kier molecular flexibility index (Phi) is 5.49. The Labute approximate surface area is 135 Å². The van der Waals surface area contributed by atoms with Crippen molar-refractivity contribution >= 4 is 29.0 Å². The molecule has 2 aromatic rings. The fraction of sp³-hybridized carbons (Fsp3) is 0.176. The Morgan fingerprint density at radius 1 is 1.14 bits per heavy atom. The predicted octanol–water partition coefficient (Wildman–Crippen LogP) is 2.98. The highest BCUT2D eigenvalue weighted by Gasteiger charge is 2.16. The van der Waals surface area contributed by atoms with E-state index in [0.717, 1.165) is 5.56 Å². The van der Waals surface area contributed by atoms with Crippen LogP contribution in [-0.4, -0.2) is 25.2 Å². The number of esters is 1. The van der Waals surface area contributed by atoms with Gasteiger partial charge in [0.05, 0.1) is 18.4 Å². The highest BCUT2D eigenvalue weighted by molar-refractivity contribution is 7.80. The van der Waals surface area contributed by atoms with Crippen LogP contribution in [0.25, 0.3) is 0 Å². The monoisotopic (exact) mass is 314 g/mol. The molecule has 4 nitrogen and oxygen atoms in total. The second-order valence-electron chi connectivity index (χ2n) is 4.71. The summed E-state index contributed by atoms with van der Waals surface area (Å²) in [4.78, 5) is 13.6. The van der Waals surface area contributed by atoms with Gasteiger partial charge >= 0.3 is 5.97 Å². The topological polar surface area (TPSA) is 41.6 Å². The van der Waals surface area contributed by atoms with Gasteiger partial charge in [0, 0.05) is 13.6 Å². The third-order valence-corrected chi connectivity index (χ3v) is 3.68. The molecule has 0 spiro atoms. The lowest BCUT2D eigenvalue weighted by Crippen LogP contribution is -2.37. The van der Waals surface area contributed by atoms with Crippen LogP contribution in [0, 0.1) is 0 Å². The van der Waals surface area contributed by atoms with E-state index in [1.165, 1.54) is 7.11 Å². The van der Waals surface area contributed by atoms with Gasteiger partial charge in [-0.1, -0.05) is 42.5 Å². The van der Waals surface area contributed by atoms with Crippen LogP contribution in [0.5, 0.6) is 0 Å². The van der Waals surface area contributed by atoms with Crippen molar-refractivity contribution in [3.05, 3.63) is 65.7 Å². The molecule has 0 amide bonds. The highest BCUT2D eigenvalue weighted by atomic mass is 32.1. The number of ether oxygens (including phenoxy) is 1. The Bertz CT molecular complexity index is 659. The maximum atomic E-state index is 11.8. The molecule has 2 rings (SSSR count). The smallest absolute Gasteiger partial charge is 0.339 e. The Morgan fingerprint density at radius 3 is 2.45 bits per heavy atom. The molecule has 0 saturated carbocycles. The Morgan fingerprint density at radius 2 is 1.77 bits per heavy atom. The zero-order valence-electron chi connectivity index (χ0n) is 12.6. The minimum atomic E-state index is -0.381. The average Bonchev–Trinajstić information content (AvgIpc) is 2.59. The predicted molar refractivity (Wildman–Crippen MR) is 92.1 cm³/mol. The number of rotatable bonds is 4. The van der Waals surface area contributed by atoms with Gasteiger partial charge in [-0.15, -0.1) is 0 Å². The summed E-state index contributed by atoms with van der Waals surface area (Å²) in [7, 11) is 3.19. The number of carbonyl (C=O) groups is 1. The van der Waals surface area contributed by atoms with Gasteiger partial charge in [0.2, 0.25) is 0 Å². The van der Waals surface area contributed by atoms with Gasteiger partial charge in [-0.25, -0.2) is 4.79 Å². The number of carbonyl (C=O) groups excluding carboxylic acids is 1. The van der Waals surface area contributed by atoms with Gasteiger partial charge < -0.3 is 15.0 Å². The molecule has 0 radical (unpaired) electrons. The summed E-state index contributed by atoms with van der Waals surface area (Å²) in [5.74, 6) is -0.381. The second kappa shape index (κ2) is 7.56. The third kappa shape index (κ3) is 3.83. The fourth-order valence-electron chi connectivity index (χ4n) is 2.05. The molecular weight excluding hydrogens is 296 g/mol. The Balaban J connectivity index is 2.09. The standard InChI is InChI=1S/C17H18N2O2S/c1-19(15-11-7-6-10-14(15)16(20)21-2)17(22)18-12-13-8-4-3-5-9-13/h3-11H,12H2,1-2H3,(H,18,22). The summed E-state index contributed by atoms with van der Waals surface area (Å²) in [6, 6.07) is 17.2. The van der Waals surface area contributed by atoms with Gasteiger partial charge in [-0.3, -0.25) is 0 Å². The number of benzene rings is 2. The van der Waals surface area contributed by atoms with Crippen molar-refractivity contribution in [2.75, 3.05) is 19.1 Å². The van der Waals surface area contributed by atoms with E-state index < -0.39 is 0 Å². The van der Waals surface area contributed by atoms with Crippen LogP contribution in [0.15, 0.2) is 54.6 Å². The summed E-state index contributed by atoms with van der Waals surface area (Å²) < 4.78 is 4.81. The van der Waals surface area contributed by atoms with Gasteiger partial charge in [0.15, 0.2) is 5.11 Å². The van der Waals surface area contributed by atoms with E-state index in [1.807, 2.05) is 49.5 Å². The number of nitrogens with zero attached hydrogens (tertiary/aromatic N) is 1. The zero-order chi connectivity index (χ0) is 15.9. The summed E-state index contributed by atoms with van der Waals surface area (Å²) in [6.07, 6.45) is 0.